The van der Waals surface area contributed by atoms with E-state index in [0.29, 0.717) is 6.61 Å². The zero-order chi connectivity index (χ0) is 13.6. The maximum absolute atomic E-state index is 11.0. The minimum absolute atomic E-state index is 0.0317. The Labute approximate surface area is 117 Å². The molecule has 1 N–H and O–H groups in total. The summed E-state index contributed by atoms with van der Waals surface area (Å²) in [5, 5.41) is 13.0. The second-order valence-corrected chi connectivity index (χ2v) is 5.30. The number of fused-ring (bicyclic) bond motifs is 1. The number of benzene rings is 1. The fourth-order valence-corrected chi connectivity index (χ4v) is 2.79. The highest BCUT2D eigenvalue weighted by Crippen LogP contribution is 2.39. The lowest BCUT2D eigenvalue weighted by atomic mass is 10.1. The van der Waals surface area contributed by atoms with Gasteiger partial charge in [-0.1, -0.05) is 15.9 Å². The van der Waals surface area contributed by atoms with Crippen molar-refractivity contribution in [3.05, 3.63) is 33.9 Å². The van der Waals surface area contributed by atoms with E-state index < -0.39 is 5.97 Å². The number of carboxylic acids is 1. The van der Waals surface area contributed by atoms with Crippen molar-refractivity contribution in [2.75, 3.05) is 6.61 Å². The molecule has 0 bridgehead atoms. The summed E-state index contributed by atoms with van der Waals surface area (Å²) in [6, 6.07) is 5.51. The van der Waals surface area contributed by atoms with Crippen LogP contribution in [0.4, 0.5) is 0 Å². The Balaban J connectivity index is 2.20. The molecule has 1 aliphatic rings. The third kappa shape index (κ3) is 2.02. The van der Waals surface area contributed by atoms with Gasteiger partial charge in [0, 0.05) is 23.5 Å². The fraction of sp³-hybridized carbons (Fsp3) is 0.231. The van der Waals surface area contributed by atoms with Crippen LogP contribution in [0, 0.1) is 0 Å². The molecule has 0 spiro atoms. The van der Waals surface area contributed by atoms with E-state index in [-0.39, 0.29) is 5.69 Å². The Morgan fingerprint density at radius 1 is 1.47 bits per heavy atom. The topological polar surface area (TPSA) is 64.4 Å². The van der Waals surface area contributed by atoms with Crippen molar-refractivity contribution in [3.8, 4) is 17.0 Å². The van der Waals surface area contributed by atoms with Crippen LogP contribution in [0.25, 0.3) is 11.3 Å². The molecular formula is C13H11BrN2O3. The summed E-state index contributed by atoms with van der Waals surface area (Å²) in [6.07, 6.45) is 0.866. The Bertz CT molecular complexity index is 679. The maximum atomic E-state index is 11.0. The average Bonchev–Trinajstić information content (AvgIpc) is 2.94. The van der Waals surface area contributed by atoms with E-state index in [1.165, 1.54) is 0 Å². The van der Waals surface area contributed by atoms with Crippen LogP contribution in [0.5, 0.6) is 5.75 Å². The number of aromatic nitrogens is 2. The number of carbonyl (C=O) groups is 1. The molecule has 2 heterocycles. The molecule has 19 heavy (non-hydrogen) atoms. The van der Waals surface area contributed by atoms with E-state index in [0.717, 1.165) is 33.5 Å². The minimum Gasteiger partial charge on any atom is -0.492 e. The molecule has 1 aromatic heterocycles. The second kappa shape index (κ2) is 4.38. The van der Waals surface area contributed by atoms with Gasteiger partial charge >= 0.3 is 5.97 Å². The molecule has 0 aliphatic carbocycles. The van der Waals surface area contributed by atoms with Crippen LogP contribution in [-0.4, -0.2) is 27.5 Å². The molecule has 0 saturated carbocycles. The fourth-order valence-electron chi connectivity index (χ4n) is 2.28. The van der Waals surface area contributed by atoms with Gasteiger partial charge in [-0.3, -0.25) is 4.68 Å². The number of aryl methyl sites for hydroxylation is 1. The third-order valence-electron chi connectivity index (χ3n) is 3.12. The number of ether oxygens (including phenoxy) is 1. The van der Waals surface area contributed by atoms with Gasteiger partial charge in [0.05, 0.1) is 12.3 Å². The van der Waals surface area contributed by atoms with Gasteiger partial charge in [0.15, 0.2) is 5.69 Å². The highest BCUT2D eigenvalue weighted by atomic mass is 79.9. The number of aromatic carboxylic acids is 1. The quantitative estimate of drug-likeness (QED) is 0.922. The average molecular weight is 323 g/mol. The lowest BCUT2D eigenvalue weighted by molar-refractivity contribution is 0.0689. The molecule has 0 amide bonds. The second-order valence-electron chi connectivity index (χ2n) is 4.38. The smallest absolute Gasteiger partial charge is 0.356 e. The van der Waals surface area contributed by atoms with Crippen LogP contribution >= 0.6 is 15.9 Å². The van der Waals surface area contributed by atoms with Crippen molar-refractivity contribution in [1.82, 2.24) is 9.78 Å². The van der Waals surface area contributed by atoms with Gasteiger partial charge in [-0.25, -0.2) is 4.79 Å². The molecule has 5 nitrogen and oxygen atoms in total. The Kier molecular flexibility index (Phi) is 2.82. The zero-order valence-corrected chi connectivity index (χ0v) is 11.8. The first-order valence-electron chi connectivity index (χ1n) is 5.79. The molecule has 0 atom stereocenters. The summed E-state index contributed by atoms with van der Waals surface area (Å²) in [7, 11) is 1.73. The van der Waals surface area contributed by atoms with E-state index in [1.807, 2.05) is 12.1 Å². The van der Waals surface area contributed by atoms with Crippen molar-refractivity contribution in [3.63, 3.8) is 0 Å². The first kappa shape index (κ1) is 12.2. The summed E-state index contributed by atoms with van der Waals surface area (Å²) in [5.41, 5.74) is 2.76. The van der Waals surface area contributed by atoms with Crippen LogP contribution in [0.2, 0.25) is 0 Å². The standard InChI is InChI=1S/C13H11BrN2O3/c1-16-11(6-10(15-16)13(17)18)9-5-8(14)4-7-2-3-19-12(7)9/h4-6H,2-3H2,1H3,(H,17,18). The molecule has 1 aliphatic heterocycles. The predicted molar refractivity (Wildman–Crippen MR) is 72.5 cm³/mol. The molecule has 0 unspecified atom stereocenters. The normalized spacial score (nSPS) is 13.2. The Morgan fingerprint density at radius 2 is 2.26 bits per heavy atom. The van der Waals surface area contributed by atoms with Crippen LogP contribution in [-0.2, 0) is 13.5 Å². The lowest BCUT2D eigenvalue weighted by Gasteiger charge is -2.09. The highest BCUT2D eigenvalue weighted by Gasteiger charge is 2.22. The molecule has 6 heteroatoms. The molecule has 0 radical (unpaired) electrons. The molecule has 3 rings (SSSR count). The number of nitrogens with zero attached hydrogens (tertiary/aromatic N) is 2. The summed E-state index contributed by atoms with van der Waals surface area (Å²) in [6.45, 7) is 0.655. The number of hydrogen-bond acceptors (Lipinski definition) is 3. The van der Waals surface area contributed by atoms with Crippen LogP contribution in [0.15, 0.2) is 22.7 Å². The number of rotatable bonds is 2. The predicted octanol–water partition coefficient (Wildman–Crippen LogP) is 2.48. The molecule has 98 valence electrons. The Morgan fingerprint density at radius 3 is 2.95 bits per heavy atom. The zero-order valence-electron chi connectivity index (χ0n) is 10.2. The van der Waals surface area contributed by atoms with Gasteiger partial charge in [0.2, 0.25) is 0 Å². The van der Waals surface area contributed by atoms with E-state index in [4.69, 9.17) is 9.84 Å². The first-order chi connectivity index (χ1) is 9.06. The number of halogens is 1. The minimum atomic E-state index is -1.03. The van der Waals surface area contributed by atoms with E-state index >= 15 is 0 Å². The monoisotopic (exact) mass is 322 g/mol. The third-order valence-corrected chi connectivity index (χ3v) is 3.58. The summed E-state index contributed by atoms with van der Waals surface area (Å²) in [5.74, 6) is -0.211. The van der Waals surface area contributed by atoms with E-state index in [1.54, 1.807) is 17.8 Å². The largest absolute Gasteiger partial charge is 0.492 e. The van der Waals surface area contributed by atoms with E-state index in [2.05, 4.69) is 21.0 Å². The van der Waals surface area contributed by atoms with Crippen molar-refractivity contribution in [2.45, 2.75) is 6.42 Å². The van der Waals surface area contributed by atoms with Gasteiger partial charge in [0.25, 0.3) is 0 Å². The van der Waals surface area contributed by atoms with Crippen LogP contribution in [0.3, 0.4) is 0 Å². The molecule has 1 aromatic carbocycles. The maximum Gasteiger partial charge on any atom is 0.356 e. The van der Waals surface area contributed by atoms with Crippen LogP contribution < -0.4 is 4.74 Å². The van der Waals surface area contributed by atoms with Crippen LogP contribution in [0.1, 0.15) is 16.1 Å². The van der Waals surface area contributed by atoms with Gasteiger partial charge in [-0.15, -0.1) is 0 Å². The number of hydrogen-bond donors (Lipinski definition) is 1. The molecular weight excluding hydrogens is 312 g/mol. The Hall–Kier alpha value is -1.82. The lowest BCUT2D eigenvalue weighted by Crippen LogP contribution is -1.99. The van der Waals surface area contributed by atoms with Gasteiger partial charge in [-0.2, -0.15) is 5.10 Å². The molecule has 0 fully saturated rings. The number of carboxylic acid groups (broad SMARTS) is 1. The van der Waals surface area contributed by atoms with Gasteiger partial charge in [-0.05, 0) is 23.8 Å². The van der Waals surface area contributed by atoms with Crippen molar-refractivity contribution in [2.24, 2.45) is 7.05 Å². The van der Waals surface area contributed by atoms with E-state index in [9.17, 15) is 4.79 Å². The summed E-state index contributed by atoms with van der Waals surface area (Å²) < 4.78 is 8.17. The first-order valence-corrected chi connectivity index (χ1v) is 6.58. The van der Waals surface area contributed by atoms with Gasteiger partial charge in [0.1, 0.15) is 5.75 Å². The molecule has 2 aromatic rings. The van der Waals surface area contributed by atoms with Crippen molar-refractivity contribution < 1.29 is 14.6 Å². The SMILES string of the molecule is Cn1nc(C(=O)O)cc1-c1cc(Br)cc2c1OCC2. The summed E-state index contributed by atoms with van der Waals surface area (Å²) >= 11 is 3.47. The molecule has 0 saturated heterocycles. The van der Waals surface area contributed by atoms with Crippen molar-refractivity contribution >= 4 is 21.9 Å². The highest BCUT2D eigenvalue weighted by molar-refractivity contribution is 9.10. The summed E-state index contributed by atoms with van der Waals surface area (Å²) in [4.78, 5) is 11.0. The van der Waals surface area contributed by atoms with Gasteiger partial charge < -0.3 is 9.84 Å². The van der Waals surface area contributed by atoms with Crippen molar-refractivity contribution in [1.29, 1.82) is 0 Å².